The van der Waals surface area contributed by atoms with Crippen LogP contribution in [0.3, 0.4) is 0 Å². The Morgan fingerprint density at radius 2 is 1.17 bits per heavy atom. The molecule has 1 rings (SSSR count). The molecule has 0 saturated carbocycles. The molecule has 0 aromatic heterocycles. The monoisotopic (exact) mass is 204 g/mol. The second-order valence-electron chi connectivity index (χ2n) is 1.41. The Morgan fingerprint density at radius 3 is 1.33 bits per heavy atom. The molecule has 2 N–H and O–H groups in total. The van der Waals surface area contributed by atoms with Gasteiger partial charge in [-0.05, 0) is 12.1 Å². The van der Waals surface area contributed by atoms with E-state index in [1.54, 1.807) is 12.1 Å². The van der Waals surface area contributed by atoms with E-state index in [2.05, 4.69) is 13.2 Å². The SMILES string of the molecule is C=C.Clc1ccccc1Cl.N=N. The summed E-state index contributed by atoms with van der Waals surface area (Å²) >= 11 is 11.2. The van der Waals surface area contributed by atoms with Crippen LogP contribution >= 0.6 is 23.2 Å². The number of nitrogens with one attached hydrogen (secondary N) is 2. The smallest absolute Gasteiger partial charge is 0.0592 e. The first-order valence-electron chi connectivity index (χ1n) is 2.96. The molecule has 0 amide bonds. The van der Waals surface area contributed by atoms with Gasteiger partial charge in [-0.25, -0.2) is 11.1 Å². The van der Waals surface area contributed by atoms with E-state index in [0.29, 0.717) is 10.0 Å². The summed E-state index contributed by atoms with van der Waals surface area (Å²) < 4.78 is 0. The average Bonchev–Trinajstić information content (AvgIpc) is 2.17. The molecule has 0 atom stereocenters. The van der Waals surface area contributed by atoms with Crippen molar-refractivity contribution in [2.45, 2.75) is 0 Å². The predicted molar refractivity (Wildman–Crippen MR) is 53.2 cm³/mol. The molecular formula is C8H10Cl2N2. The van der Waals surface area contributed by atoms with E-state index in [1.807, 2.05) is 12.1 Å². The van der Waals surface area contributed by atoms with Crippen molar-refractivity contribution in [1.29, 1.82) is 11.1 Å². The van der Waals surface area contributed by atoms with Crippen molar-refractivity contribution in [3.05, 3.63) is 47.5 Å². The normalized spacial score (nSPS) is 6.83. The van der Waals surface area contributed by atoms with E-state index < -0.39 is 0 Å². The summed E-state index contributed by atoms with van der Waals surface area (Å²) in [5, 5.41) is 1.21. The fourth-order valence-electron chi connectivity index (χ4n) is 0.439. The summed E-state index contributed by atoms with van der Waals surface area (Å²) in [6, 6.07) is 7.19. The van der Waals surface area contributed by atoms with E-state index >= 15 is 0 Å². The van der Waals surface area contributed by atoms with Crippen molar-refractivity contribution in [1.82, 2.24) is 0 Å². The van der Waals surface area contributed by atoms with Crippen LogP contribution < -0.4 is 0 Å². The Hall–Kier alpha value is -0.860. The highest BCUT2D eigenvalue weighted by atomic mass is 35.5. The lowest BCUT2D eigenvalue weighted by atomic mass is 10.4. The maximum atomic E-state index is 5.58. The third kappa shape index (κ3) is 5.89. The van der Waals surface area contributed by atoms with E-state index in [0.717, 1.165) is 0 Å². The zero-order valence-electron chi connectivity index (χ0n) is 6.48. The summed E-state index contributed by atoms with van der Waals surface area (Å²) in [5.41, 5.74) is 10.0. The predicted octanol–water partition coefficient (Wildman–Crippen LogP) is 4.39. The lowest BCUT2D eigenvalue weighted by molar-refractivity contribution is 1.05. The summed E-state index contributed by atoms with van der Waals surface area (Å²) in [5.74, 6) is 0. The Labute approximate surface area is 82.1 Å². The van der Waals surface area contributed by atoms with Crippen molar-refractivity contribution < 1.29 is 0 Å². The Kier molecular flexibility index (Phi) is 11.6. The quantitative estimate of drug-likeness (QED) is 0.466. The van der Waals surface area contributed by atoms with E-state index in [9.17, 15) is 0 Å². The van der Waals surface area contributed by atoms with Crippen molar-refractivity contribution in [3.8, 4) is 0 Å². The van der Waals surface area contributed by atoms with E-state index in [-0.39, 0.29) is 0 Å². The number of benzene rings is 1. The third-order valence-electron chi connectivity index (χ3n) is 0.824. The van der Waals surface area contributed by atoms with Crippen molar-refractivity contribution >= 4 is 23.2 Å². The molecule has 0 aliphatic rings. The molecule has 4 heteroatoms. The van der Waals surface area contributed by atoms with Gasteiger partial charge in [-0.1, -0.05) is 35.3 Å². The number of hydrogen-bond donors (Lipinski definition) is 2. The zero-order chi connectivity index (χ0) is 9.98. The van der Waals surface area contributed by atoms with Crippen LogP contribution in [0.1, 0.15) is 0 Å². The highest BCUT2D eigenvalue weighted by molar-refractivity contribution is 6.41. The molecular weight excluding hydrogens is 195 g/mol. The van der Waals surface area contributed by atoms with Gasteiger partial charge in [-0.3, -0.25) is 0 Å². The highest BCUT2D eigenvalue weighted by Crippen LogP contribution is 2.19. The van der Waals surface area contributed by atoms with Gasteiger partial charge in [0.15, 0.2) is 0 Å². The van der Waals surface area contributed by atoms with Gasteiger partial charge in [0.25, 0.3) is 0 Å². The standard InChI is InChI=1S/C6H4Cl2.C2H4.H2N2/c7-5-3-1-2-4-6(5)8;2*1-2/h1-4H;1-2H2;1-2H. The molecule has 0 radical (unpaired) electrons. The molecule has 2 nitrogen and oxygen atoms in total. The summed E-state index contributed by atoms with van der Waals surface area (Å²) in [6.07, 6.45) is 0. The molecule has 0 aliphatic heterocycles. The first-order valence-corrected chi connectivity index (χ1v) is 3.71. The second-order valence-corrected chi connectivity index (χ2v) is 2.23. The third-order valence-corrected chi connectivity index (χ3v) is 1.58. The number of rotatable bonds is 0. The largest absolute Gasteiger partial charge is 0.213 e. The van der Waals surface area contributed by atoms with Gasteiger partial charge in [-0.2, -0.15) is 0 Å². The molecule has 1 aromatic carbocycles. The topological polar surface area (TPSA) is 47.7 Å². The lowest BCUT2D eigenvalue weighted by Gasteiger charge is -1.88. The lowest BCUT2D eigenvalue weighted by Crippen LogP contribution is -1.62. The minimum Gasteiger partial charge on any atom is -0.213 e. The molecule has 0 heterocycles. The van der Waals surface area contributed by atoms with E-state index in [1.165, 1.54) is 0 Å². The van der Waals surface area contributed by atoms with Gasteiger partial charge in [0.05, 0.1) is 10.0 Å². The van der Waals surface area contributed by atoms with Gasteiger partial charge < -0.3 is 0 Å². The van der Waals surface area contributed by atoms with Crippen LogP contribution in [0.2, 0.25) is 10.0 Å². The maximum absolute atomic E-state index is 5.58. The fourth-order valence-corrected chi connectivity index (χ4v) is 0.711. The molecule has 0 spiro atoms. The van der Waals surface area contributed by atoms with Crippen LogP contribution in [0, 0.1) is 11.1 Å². The first kappa shape index (κ1) is 13.7. The fraction of sp³-hybridized carbons (Fsp3) is 0. The van der Waals surface area contributed by atoms with Gasteiger partial charge >= 0.3 is 0 Å². The summed E-state index contributed by atoms with van der Waals surface area (Å²) in [4.78, 5) is 0. The Bertz CT molecular complexity index is 193. The maximum Gasteiger partial charge on any atom is 0.0592 e. The van der Waals surface area contributed by atoms with Crippen molar-refractivity contribution in [2.75, 3.05) is 0 Å². The molecule has 0 aliphatic carbocycles. The second kappa shape index (κ2) is 10.1. The molecule has 1 aromatic rings. The first-order chi connectivity index (χ1) is 5.80. The van der Waals surface area contributed by atoms with Crippen LogP contribution in [-0.4, -0.2) is 0 Å². The molecule has 12 heavy (non-hydrogen) atoms. The van der Waals surface area contributed by atoms with Crippen LogP contribution in [0.25, 0.3) is 0 Å². The van der Waals surface area contributed by atoms with Gasteiger partial charge in [-0.15, -0.1) is 13.2 Å². The van der Waals surface area contributed by atoms with Gasteiger partial charge in [0.1, 0.15) is 0 Å². The Morgan fingerprint density at radius 1 is 0.917 bits per heavy atom. The Balaban J connectivity index is 0. The zero-order valence-corrected chi connectivity index (χ0v) is 7.99. The van der Waals surface area contributed by atoms with Crippen LogP contribution in [-0.2, 0) is 0 Å². The molecule has 0 saturated heterocycles. The van der Waals surface area contributed by atoms with Crippen LogP contribution in [0.15, 0.2) is 37.4 Å². The highest BCUT2D eigenvalue weighted by Gasteiger charge is 1.89. The van der Waals surface area contributed by atoms with Crippen LogP contribution in [0.5, 0.6) is 0 Å². The number of halogens is 2. The molecule has 66 valence electrons. The molecule has 0 bridgehead atoms. The van der Waals surface area contributed by atoms with Gasteiger partial charge in [0.2, 0.25) is 0 Å². The molecule has 0 fully saturated rings. The average molecular weight is 205 g/mol. The van der Waals surface area contributed by atoms with Crippen molar-refractivity contribution in [3.63, 3.8) is 0 Å². The summed E-state index contributed by atoms with van der Waals surface area (Å²) in [6.45, 7) is 6.00. The number of hydrogen-bond acceptors (Lipinski definition) is 2. The van der Waals surface area contributed by atoms with Crippen molar-refractivity contribution in [2.24, 2.45) is 0 Å². The van der Waals surface area contributed by atoms with Crippen LogP contribution in [0.4, 0.5) is 0 Å². The summed E-state index contributed by atoms with van der Waals surface area (Å²) in [7, 11) is 0. The van der Waals surface area contributed by atoms with Gasteiger partial charge in [0, 0.05) is 0 Å². The van der Waals surface area contributed by atoms with E-state index in [4.69, 9.17) is 34.3 Å². The minimum atomic E-state index is 0.606. The molecule has 0 unspecified atom stereocenters. The minimum absolute atomic E-state index is 0.606.